The molecule has 18 heavy (non-hydrogen) atoms. The summed E-state index contributed by atoms with van der Waals surface area (Å²) in [5.74, 6) is 0.302. The van der Waals surface area contributed by atoms with Crippen LogP contribution in [0, 0.1) is 5.92 Å². The van der Waals surface area contributed by atoms with Crippen molar-refractivity contribution in [2.45, 2.75) is 57.7 Å². The second kappa shape index (κ2) is 6.53. The van der Waals surface area contributed by atoms with Crippen molar-refractivity contribution in [2.24, 2.45) is 11.7 Å². The fraction of sp³-hybridized carbons (Fsp3) is 0.929. The number of amides is 1. The first-order chi connectivity index (χ1) is 8.34. The Labute approximate surface area is 111 Å². The minimum Gasteiger partial charge on any atom is -0.341 e. The average molecular weight is 255 g/mol. The number of rotatable bonds is 4. The van der Waals surface area contributed by atoms with Crippen LogP contribution < -0.4 is 5.73 Å². The van der Waals surface area contributed by atoms with Crippen LogP contribution in [0.3, 0.4) is 0 Å². The van der Waals surface area contributed by atoms with Gasteiger partial charge in [0.15, 0.2) is 0 Å². The van der Waals surface area contributed by atoms with Gasteiger partial charge in [-0.25, -0.2) is 0 Å². The lowest BCUT2D eigenvalue weighted by molar-refractivity contribution is -0.135. The van der Waals surface area contributed by atoms with Gasteiger partial charge < -0.3 is 15.5 Å². The SMILES string of the molecule is CC(C)[C@H](N)C(=O)N(C)C1CCC(N(C)C)CC1. The van der Waals surface area contributed by atoms with Gasteiger partial charge in [0.1, 0.15) is 0 Å². The average Bonchev–Trinajstić information content (AvgIpc) is 2.36. The van der Waals surface area contributed by atoms with E-state index in [1.165, 1.54) is 12.8 Å². The summed E-state index contributed by atoms with van der Waals surface area (Å²) in [6, 6.07) is 0.684. The van der Waals surface area contributed by atoms with Crippen molar-refractivity contribution in [3.63, 3.8) is 0 Å². The molecule has 1 rings (SSSR count). The van der Waals surface area contributed by atoms with Crippen LogP contribution in [0.1, 0.15) is 39.5 Å². The van der Waals surface area contributed by atoms with Gasteiger partial charge in [0, 0.05) is 19.1 Å². The molecule has 1 fully saturated rings. The van der Waals surface area contributed by atoms with E-state index >= 15 is 0 Å². The summed E-state index contributed by atoms with van der Waals surface area (Å²) in [5, 5.41) is 0. The summed E-state index contributed by atoms with van der Waals surface area (Å²) >= 11 is 0. The summed E-state index contributed by atoms with van der Waals surface area (Å²) in [6.45, 7) is 4.00. The molecule has 1 amide bonds. The second-order valence-corrected chi connectivity index (χ2v) is 6.14. The Kier molecular flexibility index (Phi) is 5.60. The maximum absolute atomic E-state index is 12.2. The van der Waals surface area contributed by atoms with E-state index in [1.807, 2.05) is 25.8 Å². The van der Waals surface area contributed by atoms with Gasteiger partial charge in [0.05, 0.1) is 6.04 Å². The van der Waals surface area contributed by atoms with Crippen LogP contribution in [0.4, 0.5) is 0 Å². The first kappa shape index (κ1) is 15.4. The summed E-state index contributed by atoms with van der Waals surface area (Å²) in [7, 11) is 6.17. The minimum atomic E-state index is -0.360. The Morgan fingerprint density at radius 1 is 1.06 bits per heavy atom. The third-order valence-corrected chi connectivity index (χ3v) is 4.30. The molecule has 0 aromatic heterocycles. The summed E-state index contributed by atoms with van der Waals surface area (Å²) < 4.78 is 0. The molecule has 0 unspecified atom stereocenters. The van der Waals surface area contributed by atoms with Gasteiger partial charge in [-0.15, -0.1) is 0 Å². The van der Waals surface area contributed by atoms with Gasteiger partial charge in [-0.05, 0) is 45.7 Å². The van der Waals surface area contributed by atoms with Gasteiger partial charge >= 0.3 is 0 Å². The van der Waals surface area contributed by atoms with Gasteiger partial charge in [0.25, 0.3) is 0 Å². The highest BCUT2D eigenvalue weighted by Crippen LogP contribution is 2.25. The van der Waals surface area contributed by atoms with Crippen molar-refractivity contribution in [1.29, 1.82) is 0 Å². The zero-order valence-electron chi connectivity index (χ0n) is 12.5. The van der Waals surface area contributed by atoms with Gasteiger partial charge in [-0.2, -0.15) is 0 Å². The van der Waals surface area contributed by atoms with Gasteiger partial charge in [0.2, 0.25) is 5.91 Å². The molecule has 1 saturated carbocycles. The predicted molar refractivity (Wildman–Crippen MR) is 75.3 cm³/mol. The number of carbonyl (C=O) groups excluding carboxylic acids is 1. The van der Waals surface area contributed by atoms with Crippen LogP contribution in [0.15, 0.2) is 0 Å². The minimum absolute atomic E-state index is 0.0957. The largest absolute Gasteiger partial charge is 0.341 e. The van der Waals surface area contributed by atoms with Crippen molar-refractivity contribution in [3.8, 4) is 0 Å². The number of hydrogen-bond acceptors (Lipinski definition) is 3. The molecule has 1 atom stereocenters. The highest BCUT2D eigenvalue weighted by atomic mass is 16.2. The highest BCUT2D eigenvalue weighted by molar-refractivity contribution is 5.81. The molecule has 1 aliphatic carbocycles. The molecule has 1 aliphatic rings. The molecule has 4 heteroatoms. The molecule has 4 nitrogen and oxygen atoms in total. The molecule has 0 aromatic carbocycles. The van der Waals surface area contributed by atoms with Crippen molar-refractivity contribution in [3.05, 3.63) is 0 Å². The third-order valence-electron chi connectivity index (χ3n) is 4.30. The van der Waals surface area contributed by atoms with E-state index in [-0.39, 0.29) is 17.9 Å². The smallest absolute Gasteiger partial charge is 0.239 e. The fourth-order valence-electron chi connectivity index (χ4n) is 2.66. The molecule has 0 bridgehead atoms. The standard InChI is InChI=1S/C14H29N3O/c1-10(2)13(15)14(18)17(5)12-8-6-11(7-9-12)16(3)4/h10-13H,6-9,15H2,1-5H3/t11?,12?,13-/m0/s1. The Bertz CT molecular complexity index is 270. The molecular weight excluding hydrogens is 226 g/mol. The number of likely N-dealkylation sites (N-methyl/N-ethyl adjacent to an activating group) is 1. The normalized spacial score (nSPS) is 26.4. The number of carbonyl (C=O) groups is 1. The van der Waals surface area contributed by atoms with E-state index in [0.717, 1.165) is 12.8 Å². The van der Waals surface area contributed by atoms with Gasteiger partial charge in [-0.1, -0.05) is 13.8 Å². The Morgan fingerprint density at radius 3 is 1.89 bits per heavy atom. The van der Waals surface area contributed by atoms with Crippen LogP contribution >= 0.6 is 0 Å². The molecular formula is C14H29N3O. The number of hydrogen-bond donors (Lipinski definition) is 1. The maximum atomic E-state index is 12.2. The quantitative estimate of drug-likeness (QED) is 0.824. The molecule has 106 valence electrons. The lowest BCUT2D eigenvalue weighted by Crippen LogP contribution is -2.50. The topological polar surface area (TPSA) is 49.6 Å². The van der Waals surface area contributed by atoms with E-state index in [1.54, 1.807) is 0 Å². The van der Waals surface area contributed by atoms with Crippen LogP contribution in [0.2, 0.25) is 0 Å². The molecule has 0 saturated heterocycles. The van der Waals surface area contributed by atoms with E-state index < -0.39 is 0 Å². The number of nitrogens with zero attached hydrogens (tertiary/aromatic N) is 2. The first-order valence-electron chi connectivity index (χ1n) is 7.03. The van der Waals surface area contributed by atoms with Crippen molar-refractivity contribution in [2.75, 3.05) is 21.1 Å². The Hall–Kier alpha value is -0.610. The fourth-order valence-corrected chi connectivity index (χ4v) is 2.66. The molecule has 0 aliphatic heterocycles. The van der Waals surface area contributed by atoms with Crippen LogP contribution in [0.25, 0.3) is 0 Å². The van der Waals surface area contributed by atoms with Gasteiger partial charge in [-0.3, -0.25) is 4.79 Å². The van der Waals surface area contributed by atoms with Crippen LogP contribution in [-0.2, 0) is 4.79 Å². The summed E-state index contributed by atoms with van der Waals surface area (Å²) in [6.07, 6.45) is 4.53. The Morgan fingerprint density at radius 2 is 1.50 bits per heavy atom. The number of nitrogens with two attached hydrogens (primary N) is 1. The maximum Gasteiger partial charge on any atom is 0.239 e. The molecule has 0 radical (unpaired) electrons. The van der Waals surface area contributed by atoms with E-state index in [4.69, 9.17) is 5.73 Å². The molecule has 0 heterocycles. The summed E-state index contributed by atoms with van der Waals surface area (Å²) in [5.41, 5.74) is 5.94. The van der Waals surface area contributed by atoms with E-state index in [0.29, 0.717) is 12.1 Å². The van der Waals surface area contributed by atoms with Crippen LogP contribution in [-0.4, -0.2) is 55.0 Å². The van der Waals surface area contributed by atoms with E-state index in [9.17, 15) is 4.79 Å². The van der Waals surface area contributed by atoms with Crippen molar-refractivity contribution < 1.29 is 4.79 Å². The zero-order chi connectivity index (χ0) is 13.9. The molecule has 0 aromatic rings. The zero-order valence-corrected chi connectivity index (χ0v) is 12.5. The monoisotopic (exact) mass is 255 g/mol. The highest BCUT2D eigenvalue weighted by Gasteiger charge is 2.30. The molecule has 2 N–H and O–H groups in total. The third kappa shape index (κ3) is 3.69. The predicted octanol–water partition coefficient (Wildman–Crippen LogP) is 1.30. The summed E-state index contributed by atoms with van der Waals surface area (Å²) in [4.78, 5) is 16.4. The lowest BCUT2D eigenvalue weighted by atomic mass is 9.89. The Balaban J connectivity index is 2.49. The van der Waals surface area contributed by atoms with E-state index in [2.05, 4.69) is 19.0 Å². The lowest BCUT2D eigenvalue weighted by Gasteiger charge is -2.38. The van der Waals surface area contributed by atoms with Crippen molar-refractivity contribution in [1.82, 2.24) is 9.80 Å². The van der Waals surface area contributed by atoms with Crippen molar-refractivity contribution >= 4 is 5.91 Å². The van der Waals surface area contributed by atoms with Crippen LogP contribution in [0.5, 0.6) is 0 Å². The molecule has 0 spiro atoms. The second-order valence-electron chi connectivity index (χ2n) is 6.14. The first-order valence-corrected chi connectivity index (χ1v) is 7.03.